The largest absolute Gasteiger partial charge is 0.357 e. The number of amides is 1. The number of halogens is 1. The third kappa shape index (κ3) is 12.1. The lowest BCUT2D eigenvalue weighted by Gasteiger charge is -2.15. The summed E-state index contributed by atoms with van der Waals surface area (Å²) in [6.45, 7) is 8.81. The van der Waals surface area contributed by atoms with Crippen LogP contribution in [0, 0.1) is 5.92 Å². The van der Waals surface area contributed by atoms with Crippen molar-refractivity contribution in [2.24, 2.45) is 10.9 Å². The number of rotatable bonds is 10. The quantitative estimate of drug-likeness (QED) is 0.321. The van der Waals surface area contributed by atoms with Gasteiger partial charge in [0, 0.05) is 40.2 Å². The van der Waals surface area contributed by atoms with E-state index in [4.69, 9.17) is 0 Å². The number of nitrogens with zero attached hydrogens (tertiary/aromatic N) is 2. The molecule has 0 spiro atoms. The molecule has 2 N–H and O–H groups in total. The van der Waals surface area contributed by atoms with Crippen molar-refractivity contribution in [3.63, 3.8) is 0 Å². The first-order valence-electron chi connectivity index (χ1n) is 8.27. The molecule has 0 aliphatic carbocycles. The Bertz CT molecular complexity index is 309. The molecule has 0 aromatic heterocycles. The molecule has 0 aromatic rings. The van der Waals surface area contributed by atoms with Gasteiger partial charge in [-0.05, 0) is 19.3 Å². The summed E-state index contributed by atoms with van der Waals surface area (Å²) in [5.74, 6) is 1.61. The summed E-state index contributed by atoms with van der Waals surface area (Å²) in [6.07, 6.45) is 5.42. The number of hydrogen-bond acceptors (Lipinski definition) is 2. The van der Waals surface area contributed by atoms with Gasteiger partial charge >= 0.3 is 0 Å². The summed E-state index contributed by atoms with van der Waals surface area (Å²) < 4.78 is 0. The number of carbonyl (C=O) groups is 1. The first kappa shape index (κ1) is 23.7. The van der Waals surface area contributed by atoms with Crippen LogP contribution in [-0.2, 0) is 4.79 Å². The van der Waals surface area contributed by atoms with Gasteiger partial charge in [0.25, 0.3) is 0 Å². The van der Waals surface area contributed by atoms with Crippen LogP contribution in [0.15, 0.2) is 4.99 Å². The average molecular weight is 426 g/mol. The molecular formula is C16H35IN4O. The van der Waals surface area contributed by atoms with Crippen LogP contribution in [0.2, 0.25) is 0 Å². The van der Waals surface area contributed by atoms with Crippen LogP contribution in [0.1, 0.15) is 52.9 Å². The molecule has 0 heterocycles. The van der Waals surface area contributed by atoms with Gasteiger partial charge in [0.1, 0.15) is 0 Å². The highest BCUT2D eigenvalue weighted by Gasteiger charge is 2.07. The van der Waals surface area contributed by atoms with E-state index in [-0.39, 0.29) is 29.9 Å². The Kier molecular flexibility index (Phi) is 16.6. The van der Waals surface area contributed by atoms with Crippen molar-refractivity contribution in [3.05, 3.63) is 0 Å². The second kappa shape index (κ2) is 15.4. The molecule has 0 saturated carbocycles. The lowest BCUT2D eigenvalue weighted by Crippen LogP contribution is -2.39. The van der Waals surface area contributed by atoms with Gasteiger partial charge in [0.05, 0.1) is 0 Å². The van der Waals surface area contributed by atoms with Crippen LogP contribution in [-0.4, -0.2) is 50.5 Å². The Morgan fingerprint density at radius 3 is 2.36 bits per heavy atom. The topological polar surface area (TPSA) is 56.7 Å². The predicted octanol–water partition coefficient (Wildman–Crippen LogP) is 2.85. The van der Waals surface area contributed by atoms with Gasteiger partial charge in [-0.15, -0.1) is 24.0 Å². The number of unbranched alkanes of at least 4 members (excludes halogenated alkanes) is 1. The maximum Gasteiger partial charge on any atom is 0.223 e. The normalized spacial score (nSPS) is 12.3. The van der Waals surface area contributed by atoms with Gasteiger partial charge in [-0.2, -0.15) is 0 Å². The first-order valence-corrected chi connectivity index (χ1v) is 8.27. The Hall–Kier alpha value is -0.530. The third-order valence-corrected chi connectivity index (χ3v) is 3.53. The number of aliphatic imine (C=N–C) groups is 1. The van der Waals surface area contributed by atoms with E-state index in [0.29, 0.717) is 18.9 Å². The van der Waals surface area contributed by atoms with Crippen molar-refractivity contribution in [2.45, 2.75) is 52.9 Å². The van der Waals surface area contributed by atoms with E-state index < -0.39 is 0 Å². The Balaban J connectivity index is 0. The van der Waals surface area contributed by atoms with Crippen molar-refractivity contribution in [3.8, 4) is 0 Å². The Morgan fingerprint density at radius 2 is 1.86 bits per heavy atom. The van der Waals surface area contributed by atoms with Crippen molar-refractivity contribution in [1.29, 1.82) is 0 Å². The number of nitrogens with one attached hydrogen (secondary N) is 2. The molecule has 0 aromatic carbocycles. The van der Waals surface area contributed by atoms with E-state index >= 15 is 0 Å². The molecule has 0 saturated heterocycles. The van der Waals surface area contributed by atoms with Crippen molar-refractivity contribution >= 4 is 35.8 Å². The van der Waals surface area contributed by atoms with Gasteiger partial charge in [-0.3, -0.25) is 9.79 Å². The summed E-state index contributed by atoms with van der Waals surface area (Å²) in [5.41, 5.74) is 0. The van der Waals surface area contributed by atoms with E-state index in [1.165, 1.54) is 25.7 Å². The summed E-state index contributed by atoms with van der Waals surface area (Å²) >= 11 is 0. The van der Waals surface area contributed by atoms with Gasteiger partial charge in [0.2, 0.25) is 5.91 Å². The summed E-state index contributed by atoms with van der Waals surface area (Å²) in [5, 5.41) is 6.47. The molecule has 0 aliphatic heterocycles. The van der Waals surface area contributed by atoms with Crippen LogP contribution in [0.4, 0.5) is 0 Å². The monoisotopic (exact) mass is 426 g/mol. The smallest absolute Gasteiger partial charge is 0.223 e. The van der Waals surface area contributed by atoms with Gasteiger partial charge < -0.3 is 15.5 Å². The zero-order valence-corrected chi connectivity index (χ0v) is 17.3. The van der Waals surface area contributed by atoms with E-state index in [1.54, 1.807) is 19.0 Å². The molecular weight excluding hydrogens is 391 g/mol. The zero-order chi connectivity index (χ0) is 16.1. The van der Waals surface area contributed by atoms with Crippen molar-refractivity contribution in [1.82, 2.24) is 15.5 Å². The molecule has 1 amide bonds. The Morgan fingerprint density at radius 1 is 1.18 bits per heavy atom. The van der Waals surface area contributed by atoms with Crippen molar-refractivity contribution < 1.29 is 4.79 Å². The molecule has 0 rings (SSSR count). The van der Waals surface area contributed by atoms with Crippen molar-refractivity contribution in [2.75, 3.05) is 33.7 Å². The molecule has 0 aliphatic rings. The summed E-state index contributed by atoms with van der Waals surface area (Å²) in [7, 11) is 3.56. The van der Waals surface area contributed by atoms with Crippen LogP contribution in [0.3, 0.4) is 0 Å². The molecule has 1 unspecified atom stereocenters. The maximum absolute atomic E-state index is 11.5. The van der Waals surface area contributed by atoms with Crippen LogP contribution in [0.25, 0.3) is 0 Å². The fourth-order valence-corrected chi connectivity index (χ4v) is 1.99. The SMILES string of the molecule is CCCCC(CC)CN=C(NCC)NCCC(=O)N(C)C.I. The predicted molar refractivity (Wildman–Crippen MR) is 106 cm³/mol. The molecule has 22 heavy (non-hydrogen) atoms. The molecule has 0 fully saturated rings. The van der Waals surface area contributed by atoms with Gasteiger partial charge in [-0.25, -0.2) is 0 Å². The summed E-state index contributed by atoms with van der Waals surface area (Å²) in [6, 6.07) is 0. The molecule has 6 heteroatoms. The standard InChI is InChI=1S/C16H34N4O.HI/c1-6-9-10-14(7-2)13-19-16(17-8-3)18-12-11-15(21)20(4)5;/h14H,6-13H2,1-5H3,(H2,17,18,19);1H. The lowest BCUT2D eigenvalue weighted by atomic mass is 10.00. The minimum Gasteiger partial charge on any atom is -0.357 e. The molecule has 1 atom stereocenters. The Labute approximate surface area is 153 Å². The van der Waals surface area contributed by atoms with E-state index in [0.717, 1.165) is 19.0 Å². The highest BCUT2D eigenvalue weighted by atomic mass is 127. The highest BCUT2D eigenvalue weighted by molar-refractivity contribution is 14.0. The zero-order valence-electron chi connectivity index (χ0n) is 14.9. The highest BCUT2D eigenvalue weighted by Crippen LogP contribution is 2.12. The van der Waals surface area contributed by atoms with E-state index in [1.807, 2.05) is 0 Å². The van der Waals surface area contributed by atoms with Gasteiger partial charge in [0.15, 0.2) is 5.96 Å². The molecule has 0 radical (unpaired) electrons. The van der Waals surface area contributed by atoms with Gasteiger partial charge in [-0.1, -0.05) is 33.1 Å². The maximum atomic E-state index is 11.5. The van der Waals surface area contributed by atoms with E-state index in [9.17, 15) is 4.79 Å². The second-order valence-electron chi connectivity index (χ2n) is 5.60. The average Bonchev–Trinajstić information content (AvgIpc) is 2.46. The fraction of sp³-hybridized carbons (Fsp3) is 0.875. The number of carbonyl (C=O) groups excluding carboxylic acids is 1. The molecule has 5 nitrogen and oxygen atoms in total. The minimum absolute atomic E-state index is 0. The first-order chi connectivity index (χ1) is 10.0. The third-order valence-electron chi connectivity index (χ3n) is 3.53. The molecule has 0 bridgehead atoms. The summed E-state index contributed by atoms with van der Waals surface area (Å²) in [4.78, 5) is 17.8. The lowest BCUT2D eigenvalue weighted by molar-refractivity contribution is -0.128. The fourth-order valence-electron chi connectivity index (χ4n) is 1.99. The minimum atomic E-state index is 0. The second-order valence-corrected chi connectivity index (χ2v) is 5.60. The number of guanidine groups is 1. The van der Waals surface area contributed by atoms with Crippen LogP contribution < -0.4 is 10.6 Å². The molecule has 132 valence electrons. The number of hydrogen-bond donors (Lipinski definition) is 2. The van der Waals surface area contributed by atoms with Crippen LogP contribution >= 0.6 is 24.0 Å². The van der Waals surface area contributed by atoms with E-state index in [2.05, 4.69) is 36.4 Å². The van der Waals surface area contributed by atoms with Crippen LogP contribution in [0.5, 0.6) is 0 Å².